The molecule has 0 bridgehead atoms. The molecule has 0 heterocycles. The average Bonchev–Trinajstić information content (AvgIpc) is 2.16. The summed E-state index contributed by atoms with van der Waals surface area (Å²) >= 11 is 0. The Balaban J connectivity index is 3.48. The zero-order chi connectivity index (χ0) is 10.8. The number of carbonyl (C=O) groups is 1. The summed E-state index contributed by atoms with van der Waals surface area (Å²) in [4.78, 5) is 12.4. The van der Waals surface area contributed by atoms with Gasteiger partial charge in [-0.05, 0) is 25.9 Å². The number of aliphatic carboxylic acids is 1. The van der Waals surface area contributed by atoms with Gasteiger partial charge in [-0.15, -0.1) is 0 Å². The third kappa shape index (κ3) is 7.56. The van der Waals surface area contributed by atoms with Gasteiger partial charge in [-0.1, -0.05) is 6.92 Å². The quantitative estimate of drug-likeness (QED) is 0.600. The van der Waals surface area contributed by atoms with Crippen LogP contribution in [0.25, 0.3) is 0 Å². The molecule has 4 nitrogen and oxygen atoms in total. The number of rotatable bonds is 8. The Morgan fingerprint density at radius 2 is 2.14 bits per heavy atom. The van der Waals surface area contributed by atoms with Crippen LogP contribution in [0.1, 0.15) is 32.6 Å². The second-order valence-electron chi connectivity index (χ2n) is 3.19. The van der Waals surface area contributed by atoms with Crippen molar-refractivity contribution in [3.8, 4) is 6.07 Å². The number of hydrogen-bond donors (Lipinski definition) is 1. The highest BCUT2D eigenvalue weighted by molar-refractivity contribution is 5.66. The molecule has 0 aliphatic heterocycles. The molecule has 0 saturated heterocycles. The van der Waals surface area contributed by atoms with Gasteiger partial charge in [0, 0.05) is 13.0 Å². The van der Waals surface area contributed by atoms with E-state index in [0.717, 1.165) is 25.9 Å². The van der Waals surface area contributed by atoms with Crippen molar-refractivity contribution in [1.82, 2.24) is 4.90 Å². The third-order valence-electron chi connectivity index (χ3n) is 2.10. The maximum atomic E-state index is 10.3. The highest BCUT2D eigenvalue weighted by Crippen LogP contribution is 1.99. The van der Waals surface area contributed by atoms with Crippen LogP contribution in [0.2, 0.25) is 0 Å². The monoisotopic (exact) mass is 198 g/mol. The molecule has 0 aromatic heterocycles. The van der Waals surface area contributed by atoms with E-state index in [1.165, 1.54) is 0 Å². The van der Waals surface area contributed by atoms with Crippen molar-refractivity contribution in [3.05, 3.63) is 0 Å². The summed E-state index contributed by atoms with van der Waals surface area (Å²) in [5.41, 5.74) is 0. The molecule has 0 rings (SSSR count). The van der Waals surface area contributed by atoms with Gasteiger partial charge < -0.3 is 10.0 Å². The molecule has 0 aromatic carbocycles. The molecule has 0 aliphatic carbocycles. The van der Waals surface area contributed by atoms with Crippen LogP contribution in [0.15, 0.2) is 0 Å². The van der Waals surface area contributed by atoms with Crippen molar-refractivity contribution in [2.45, 2.75) is 32.6 Å². The molecule has 0 fully saturated rings. The van der Waals surface area contributed by atoms with Crippen molar-refractivity contribution >= 4 is 5.97 Å². The number of carboxylic acid groups (broad SMARTS) is 1. The largest absolute Gasteiger partial charge is 0.481 e. The summed E-state index contributed by atoms with van der Waals surface area (Å²) in [6.45, 7) is 4.40. The van der Waals surface area contributed by atoms with E-state index in [-0.39, 0.29) is 6.42 Å². The third-order valence-corrected chi connectivity index (χ3v) is 2.10. The summed E-state index contributed by atoms with van der Waals surface area (Å²) in [7, 11) is 0. The molecule has 0 unspecified atom stereocenters. The lowest BCUT2D eigenvalue weighted by atomic mass is 10.2. The predicted molar refractivity (Wildman–Crippen MR) is 53.8 cm³/mol. The molecule has 0 spiro atoms. The van der Waals surface area contributed by atoms with Crippen LogP contribution in [0.3, 0.4) is 0 Å². The fourth-order valence-electron chi connectivity index (χ4n) is 1.22. The fourth-order valence-corrected chi connectivity index (χ4v) is 1.22. The Morgan fingerprint density at radius 3 is 2.64 bits per heavy atom. The van der Waals surface area contributed by atoms with Gasteiger partial charge in [-0.25, -0.2) is 0 Å². The first-order valence-electron chi connectivity index (χ1n) is 5.01. The van der Waals surface area contributed by atoms with Crippen molar-refractivity contribution < 1.29 is 9.90 Å². The molecule has 0 saturated carbocycles. The lowest BCUT2D eigenvalue weighted by molar-refractivity contribution is -0.137. The minimum Gasteiger partial charge on any atom is -0.481 e. The van der Waals surface area contributed by atoms with E-state index < -0.39 is 5.97 Å². The first kappa shape index (κ1) is 12.9. The van der Waals surface area contributed by atoms with Crippen LogP contribution in [-0.2, 0) is 4.79 Å². The Kier molecular flexibility index (Phi) is 7.86. The predicted octanol–water partition coefficient (Wildman–Crippen LogP) is 1.48. The van der Waals surface area contributed by atoms with Gasteiger partial charge in [0.25, 0.3) is 0 Å². The normalized spacial score (nSPS) is 10.1. The zero-order valence-corrected chi connectivity index (χ0v) is 8.70. The second kappa shape index (κ2) is 8.52. The van der Waals surface area contributed by atoms with E-state index >= 15 is 0 Å². The van der Waals surface area contributed by atoms with Crippen LogP contribution in [0.5, 0.6) is 0 Å². The molecular formula is C10H18N2O2. The van der Waals surface area contributed by atoms with Gasteiger partial charge in [0.2, 0.25) is 0 Å². The number of carboxylic acids is 1. The minimum atomic E-state index is -0.750. The molecule has 14 heavy (non-hydrogen) atoms. The first-order valence-corrected chi connectivity index (χ1v) is 5.01. The summed E-state index contributed by atoms with van der Waals surface area (Å²) in [6.07, 6.45) is 2.67. The first-order chi connectivity index (χ1) is 6.70. The van der Waals surface area contributed by atoms with E-state index in [9.17, 15) is 4.79 Å². The smallest absolute Gasteiger partial charge is 0.304 e. The molecule has 0 radical (unpaired) electrons. The summed E-state index contributed by atoms with van der Waals surface area (Å²) < 4.78 is 0. The highest BCUT2D eigenvalue weighted by atomic mass is 16.4. The Bertz CT molecular complexity index is 199. The Hall–Kier alpha value is -1.08. The van der Waals surface area contributed by atoms with Gasteiger partial charge in [-0.3, -0.25) is 4.79 Å². The topological polar surface area (TPSA) is 64.3 Å². The molecule has 0 amide bonds. The van der Waals surface area contributed by atoms with Crippen molar-refractivity contribution in [2.24, 2.45) is 0 Å². The second-order valence-corrected chi connectivity index (χ2v) is 3.19. The molecule has 0 aliphatic rings. The highest BCUT2D eigenvalue weighted by Gasteiger charge is 2.04. The number of unbranched alkanes of at least 4 members (excludes halogenated alkanes) is 2. The lowest BCUT2D eigenvalue weighted by Crippen LogP contribution is -2.27. The molecular weight excluding hydrogens is 180 g/mol. The standard InChI is InChI=1S/C10H18N2O2/c1-2-12(9-6-10(13)14)8-5-3-4-7-11/h2-6,8-9H2,1H3,(H,13,14). The van der Waals surface area contributed by atoms with Crippen molar-refractivity contribution in [3.63, 3.8) is 0 Å². The number of nitrogens with zero attached hydrogens (tertiary/aromatic N) is 2. The fraction of sp³-hybridized carbons (Fsp3) is 0.800. The maximum Gasteiger partial charge on any atom is 0.304 e. The van der Waals surface area contributed by atoms with Crippen molar-refractivity contribution in [1.29, 1.82) is 5.26 Å². The van der Waals surface area contributed by atoms with E-state index in [2.05, 4.69) is 11.0 Å². The molecule has 0 atom stereocenters. The van der Waals surface area contributed by atoms with Gasteiger partial charge in [0.15, 0.2) is 0 Å². The van der Waals surface area contributed by atoms with E-state index in [0.29, 0.717) is 13.0 Å². The van der Waals surface area contributed by atoms with E-state index in [1.54, 1.807) is 0 Å². The summed E-state index contributed by atoms with van der Waals surface area (Å²) in [5.74, 6) is -0.750. The summed E-state index contributed by atoms with van der Waals surface area (Å²) in [5, 5.41) is 16.8. The molecule has 80 valence electrons. The van der Waals surface area contributed by atoms with Crippen LogP contribution in [-0.4, -0.2) is 35.6 Å². The van der Waals surface area contributed by atoms with Crippen LogP contribution in [0.4, 0.5) is 0 Å². The van der Waals surface area contributed by atoms with Crippen LogP contribution < -0.4 is 0 Å². The van der Waals surface area contributed by atoms with E-state index in [1.807, 2.05) is 6.92 Å². The molecule has 1 N–H and O–H groups in total. The number of hydrogen-bond acceptors (Lipinski definition) is 3. The van der Waals surface area contributed by atoms with Crippen LogP contribution in [0, 0.1) is 11.3 Å². The maximum absolute atomic E-state index is 10.3. The Labute approximate surface area is 85.1 Å². The van der Waals surface area contributed by atoms with Gasteiger partial charge in [-0.2, -0.15) is 5.26 Å². The molecule has 4 heteroatoms. The van der Waals surface area contributed by atoms with Gasteiger partial charge >= 0.3 is 5.97 Å². The number of nitriles is 1. The van der Waals surface area contributed by atoms with Crippen molar-refractivity contribution in [2.75, 3.05) is 19.6 Å². The lowest BCUT2D eigenvalue weighted by Gasteiger charge is -2.18. The zero-order valence-electron chi connectivity index (χ0n) is 8.70. The van der Waals surface area contributed by atoms with Gasteiger partial charge in [0.05, 0.1) is 12.5 Å². The Morgan fingerprint density at radius 1 is 1.43 bits per heavy atom. The molecule has 0 aromatic rings. The minimum absolute atomic E-state index is 0.200. The SMILES string of the molecule is CCN(CCCCC#N)CCC(=O)O. The van der Waals surface area contributed by atoms with E-state index in [4.69, 9.17) is 10.4 Å². The average molecular weight is 198 g/mol. The summed E-state index contributed by atoms with van der Waals surface area (Å²) in [6, 6.07) is 2.10. The van der Waals surface area contributed by atoms with Crippen LogP contribution >= 0.6 is 0 Å². The van der Waals surface area contributed by atoms with Gasteiger partial charge in [0.1, 0.15) is 0 Å².